The molecule has 0 amide bonds. The fourth-order valence-corrected chi connectivity index (χ4v) is 2.44. The maximum atomic E-state index is 4.76. The van der Waals surface area contributed by atoms with Gasteiger partial charge in [-0.3, -0.25) is 0 Å². The van der Waals surface area contributed by atoms with E-state index in [1.54, 1.807) is 0 Å². The molecule has 0 saturated carbocycles. The lowest BCUT2D eigenvalue weighted by atomic mass is 10.1. The van der Waals surface area contributed by atoms with E-state index in [2.05, 4.69) is 62.8 Å². The first-order chi connectivity index (χ1) is 8.99. The third-order valence-electron chi connectivity index (χ3n) is 3.46. The van der Waals surface area contributed by atoms with Gasteiger partial charge in [-0.2, -0.15) is 0 Å². The van der Waals surface area contributed by atoms with Crippen LogP contribution in [0.5, 0.6) is 0 Å². The second kappa shape index (κ2) is 5.74. The summed E-state index contributed by atoms with van der Waals surface area (Å²) < 4.78 is 2.20. The number of imidazole rings is 1. The standard InChI is InChI=1S/C16H25N3/c1-11(2)16-18-14-10-13(8-9-17-12(3)4)6-7-15(14)19(16)5/h6-7,10-12,17H,8-9H2,1-5H3. The lowest BCUT2D eigenvalue weighted by molar-refractivity contribution is 0.590. The number of aromatic nitrogens is 2. The van der Waals surface area contributed by atoms with Crippen molar-refractivity contribution in [3.8, 4) is 0 Å². The molecule has 0 atom stereocenters. The van der Waals surface area contributed by atoms with Crippen LogP contribution in [-0.2, 0) is 13.5 Å². The number of aryl methyl sites for hydroxylation is 1. The highest BCUT2D eigenvalue weighted by molar-refractivity contribution is 5.77. The normalized spacial score (nSPS) is 11.9. The zero-order chi connectivity index (χ0) is 14.0. The summed E-state index contributed by atoms with van der Waals surface area (Å²) in [6, 6.07) is 7.18. The van der Waals surface area contributed by atoms with E-state index in [9.17, 15) is 0 Å². The second-order valence-electron chi connectivity index (χ2n) is 5.87. The van der Waals surface area contributed by atoms with Crippen molar-refractivity contribution in [2.45, 2.75) is 46.1 Å². The van der Waals surface area contributed by atoms with Crippen molar-refractivity contribution in [2.24, 2.45) is 7.05 Å². The van der Waals surface area contributed by atoms with Crippen molar-refractivity contribution >= 4 is 11.0 Å². The van der Waals surface area contributed by atoms with Gasteiger partial charge < -0.3 is 9.88 Å². The van der Waals surface area contributed by atoms with E-state index in [0.29, 0.717) is 12.0 Å². The summed E-state index contributed by atoms with van der Waals surface area (Å²) in [6.07, 6.45) is 1.06. The Morgan fingerprint density at radius 3 is 2.58 bits per heavy atom. The highest BCUT2D eigenvalue weighted by Gasteiger charge is 2.10. The summed E-state index contributed by atoms with van der Waals surface area (Å²) in [7, 11) is 2.10. The summed E-state index contributed by atoms with van der Waals surface area (Å²) in [5, 5.41) is 3.45. The molecule has 0 bridgehead atoms. The van der Waals surface area contributed by atoms with Gasteiger partial charge in [0.1, 0.15) is 5.82 Å². The molecule has 1 aromatic carbocycles. The van der Waals surface area contributed by atoms with Crippen molar-refractivity contribution in [1.29, 1.82) is 0 Å². The van der Waals surface area contributed by atoms with Crippen molar-refractivity contribution < 1.29 is 0 Å². The third-order valence-corrected chi connectivity index (χ3v) is 3.46. The van der Waals surface area contributed by atoms with Gasteiger partial charge in [0.15, 0.2) is 0 Å². The first-order valence-electron chi connectivity index (χ1n) is 7.17. The molecule has 104 valence electrons. The van der Waals surface area contributed by atoms with Gasteiger partial charge in [0.2, 0.25) is 0 Å². The molecule has 1 N–H and O–H groups in total. The first kappa shape index (κ1) is 14.1. The molecule has 3 nitrogen and oxygen atoms in total. The van der Waals surface area contributed by atoms with E-state index in [1.165, 1.54) is 11.1 Å². The van der Waals surface area contributed by atoms with E-state index in [-0.39, 0.29) is 0 Å². The Morgan fingerprint density at radius 1 is 1.21 bits per heavy atom. The third kappa shape index (κ3) is 3.16. The molecule has 2 aromatic rings. The molecule has 0 radical (unpaired) electrons. The monoisotopic (exact) mass is 259 g/mol. The Hall–Kier alpha value is -1.35. The molecule has 0 aliphatic rings. The number of benzene rings is 1. The van der Waals surface area contributed by atoms with Gasteiger partial charge >= 0.3 is 0 Å². The lowest BCUT2D eigenvalue weighted by Crippen LogP contribution is -2.24. The van der Waals surface area contributed by atoms with E-state index >= 15 is 0 Å². The highest BCUT2D eigenvalue weighted by Crippen LogP contribution is 2.21. The van der Waals surface area contributed by atoms with Crippen LogP contribution in [0.4, 0.5) is 0 Å². The number of nitrogens with one attached hydrogen (secondary N) is 1. The number of rotatable bonds is 5. The van der Waals surface area contributed by atoms with Crippen LogP contribution in [-0.4, -0.2) is 22.1 Å². The number of nitrogens with zero attached hydrogens (tertiary/aromatic N) is 2. The molecule has 0 aliphatic heterocycles. The van der Waals surface area contributed by atoms with Gasteiger partial charge in [-0.05, 0) is 30.7 Å². The summed E-state index contributed by atoms with van der Waals surface area (Å²) >= 11 is 0. The Bertz CT molecular complexity index is 552. The predicted molar refractivity (Wildman–Crippen MR) is 81.6 cm³/mol. The Balaban J connectivity index is 2.21. The zero-order valence-corrected chi connectivity index (χ0v) is 12.7. The van der Waals surface area contributed by atoms with E-state index in [4.69, 9.17) is 4.98 Å². The predicted octanol–water partition coefficient (Wildman–Crippen LogP) is 3.24. The molecule has 0 aliphatic carbocycles. The molecule has 1 aromatic heterocycles. The summed E-state index contributed by atoms with van der Waals surface area (Å²) in [5.74, 6) is 1.62. The second-order valence-corrected chi connectivity index (χ2v) is 5.87. The number of hydrogen-bond donors (Lipinski definition) is 1. The maximum absolute atomic E-state index is 4.76. The van der Waals surface area contributed by atoms with Crippen molar-refractivity contribution in [3.63, 3.8) is 0 Å². The van der Waals surface area contributed by atoms with E-state index < -0.39 is 0 Å². The van der Waals surface area contributed by atoms with Crippen molar-refractivity contribution in [2.75, 3.05) is 6.54 Å². The first-order valence-corrected chi connectivity index (χ1v) is 7.17. The topological polar surface area (TPSA) is 29.9 Å². The molecular formula is C16H25N3. The molecule has 0 fully saturated rings. The number of fused-ring (bicyclic) bond motifs is 1. The van der Waals surface area contributed by atoms with E-state index in [1.807, 2.05) is 0 Å². The molecule has 0 spiro atoms. The van der Waals surface area contributed by atoms with Crippen LogP contribution in [0.15, 0.2) is 18.2 Å². The smallest absolute Gasteiger partial charge is 0.112 e. The quantitative estimate of drug-likeness (QED) is 0.893. The minimum atomic E-state index is 0.462. The van der Waals surface area contributed by atoms with Gasteiger partial charge in [-0.25, -0.2) is 4.98 Å². The molecule has 1 heterocycles. The van der Waals surface area contributed by atoms with Crippen LogP contribution in [0.25, 0.3) is 11.0 Å². The van der Waals surface area contributed by atoms with Gasteiger partial charge in [0, 0.05) is 19.0 Å². The lowest BCUT2D eigenvalue weighted by Gasteiger charge is -2.07. The summed E-state index contributed by atoms with van der Waals surface area (Å²) in [6.45, 7) is 9.75. The Kier molecular flexibility index (Phi) is 4.25. The summed E-state index contributed by atoms with van der Waals surface area (Å²) in [5.41, 5.74) is 3.70. The van der Waals surface area contributed by atoms with Crippen LogP contribution in [0, 0.1) is 0 Å². The molecular weight excluding hydrogens is 234 g/mol. The van der Waals surface area contributed by atoms with Gasteiger partial charge in [0.05, 0.1) is 11.0 Å². The van der Waals surface area contributed by atoms with Gasteiger partial charge in [0.25, 0.3) is 0 Å². The van der Waals surface area contributed by atoms with Crippen molar-refractivity contribution in [1.82, 2.24) is 14.9 Å². The molecule has 2 rings (SSSR count). The minimum absolute atomic E-state index is 0.462. The average Bonchev–Trinajstić information content (AvgIpc) is 2.66. The molecule has 0 unspecified atom stereocenters. The summed E-state index contributed by atoms with van der Waals surface area (Å²) in [4.78, 5) is 4.76. The van der Waals surface area contributed by atoms with Crippen LogP contribution in [0.1, 0.15) is 45.0 Å². The maximum Gasteiger partial charge on any atom is 0.112 e. The minimum Gasteiger partial charge on any atom is -0.331 e. The van der Waals surface area contributed by atoms with Crippen molar-refractivity contribution in [3.05, 3.63) is 29.6 Å². The fourth-order valence-electron chi connectivity index (χ4n) is 2.44. The van der Waals surface area contributed by atoms with Crippen LogP contribution in [0.2, 0.25) is 0 Å². The fraction of sp³-hybridized carbons (Fsp3) is 0.562. The molecule has 3 heteroatoms. The Morgan fingerprint density at radius 2 is 1.95 bits per heavy atom. The Labute approximate surface area is 116 Å². The van der Waals surface area contributed by atoms with Crippen LogP contribution < -0.4 is 5.32 Å². The number of hydrogen-bond acceptors (Lipinski definition) is 2. The van der Waals surface area contributed by atoms with Crippen LogP contribution in [0.3, 0.4) is 0 Å². The SMILES string of the molecule is CC(C)NCCc1ccc2c(c1)nc(C(C)C)n2C. The van der Waals surface area contributed by atoms with Crippen LogP contribution >= 0.6 is 0 Å². The zero-order valence-electron chi connectivity index (χ0n) is 12.7. The molecule has 0 saturated heterocycles. The van der Waals surface area contributed by atoms with E-state index in [0.717, 1.165) is 24.3 Å². The average molecular weight is 259 g/mol. The highest BCUT2D eigenvalue weighted by atomic mass is 15.1. The van der Waals surface area contributed by atoms with Gasteiger partial charge in [-0.1, -0.05) is 33.8 Å². The molecule has 19 heavy (non-hydrogen) atoms. The van der Waals surface area contributed by atoms with Gasteiger partial charge in [-0.15, -0.1) is 0 Å². The largest absolute Gasteiger partial charge is 0.331 e.